The van der Waals surface area contributed by atoms with Crippen molar-refractivity contribution in [2.75, 3.05) is 0 Å². The van der Waals surface area contributed by atoms with Crippen LogP contribution in [0.5, 0.6) is 0 Å². The van der Waals surface area contributed by atoms with E-state index in [-0.39, 0.29) is 22.3 Å². The van der Waals surface area contributed by atoms with Gasteiger partial charge in [-0.1, -0.05) is 133 Å². The number of terminal acetylenes is 2. The van der Waals surface area contributed by atoms with E-state index in [0.717, 1.165) is 0 Å². The number of rotatable bonds is 6. The number of hydrogen-bond donors (Lipinski definition) is 2. The van der Waals surface area contributed by atoms with Gasteiger partial charge in [-0.2, -0.15) is 0 Å². The average Bonchev–Trinajstić information content (AvgIpc) is 2.87. The highest BCUT2D eigenvalue weighted by Gasteiger charge is 2.69. The minimum absolute atomic E-state index is 0.275. The van der Waals surface area contributed by atoms with Gasteiger partial charge in [0.1, 0.15) is 9.63 Å². The minimum atomic E-state index is -6.12. The summed E-state index contributed by atoms with van der Waals surface area (Å²) in [7, 11) is -6.12. The molecular weight excluding hydrogens is 440 g/mol. The second kappa shape index (κ2) is 8.45. The SMILES string of the molecule is C#CC(c1ccccc1)(c1ccccc1)S(=O)(O)(O)C(C#C)(c1ccccc1)c1ccccc1. The molecule has 0 atom stereocenters. The van der Waals surface area contributed by atoms with Crippen molar-refractivity contribution in [2.24, 2.45) is 0 Å². The molecule has 0 bridgehead atoms. The lowest BCUT2D eigenvalue weighted by molar-refractivity contribution is 0.348. The number of benzene rings is 4. The Labute approximate surface area is 200 Å². The summed E-state index contributed by atoms with van der Waals surface area (Å²) in [5.41, 5.74) is 1.10. The third-order valence-corrected chi connectivity index (χ3v) is 9.62. The molecule has 0 saturated carbocycles. The van der Waals surface area contributed by atoms with Gasteiger partial charge in [0.05, 0.1) is 0 Å². The first-order chi connectivity index (χ1) is 16.3. The van der Waals surface area contributed by atoms with Crippen LogP contribution < -0.4 is 0 Å². The monoisotopic (exact) mass is 464 g/mol. The molecule has 34 heavy (non-hydrogen) atoms. The average molecular weight is 465 g/mol. The summed E-state index contributed by atoms with van der Waals surface area (Å²) < 4.78 is 35.8. The number of hydrogen-bond acceptors (Lipinski definition) is 1. The van der Waals surface area contributed by atoms with E-state index in [2.05, 4.69) is 11.8 Å². The molecule has 0 spiro atoms. The maximum absolute atomic E-state index is 15.3. The molecule has 168 valence electrons. The summed E-state index contributed by atoms with van der Waals surface area (Å²) >= 11 is 0. The third-order valence-electron chi connectivity index (χ3n) is 6.23. The Morgan fingerprint density at radius 3 is 0.882 bits per heavy atom. The van der Waals surface area contributed by atoms with Gasteiger partial charge in [0.15, 0.2) is 9.49 Å². The van der Waals surface area contributed by atoms with E-state index < -0.39 is 19.1 Å². The molecule has 0 unspecified atom stereocenters. The lowest BCUT2D eigenvalue weighted by Crippen LogP contribution is -2.64. The maximum atomic E-state index is 15.3. The van der Waals surface area contributed by atoms with Crippen LogP contribution in [0.4, 0.5) is 0 Å². The molecule has 4 rings (SSSR count). The molecule has 0 aliphatic rings. The van der Waals surface area contributed by atoms with Crippen LogP contribution in [0, 0.1) is 24.7 Å². The first-order valence-corrected chi connectivity index (χ1v) is 12.5. The Kier molecular flexibility index (Phi) is 5.77. The Bertz CT molecular complexity index is 1240. The highest BCUT2D eigenvalue weighted by Crippen LogP contribution is 2.60. The molecule has 0 aliphatic heterocycles. The van der Waals surface area contributed by atoms with Gasteiger partial charge in [-0.3, -0.25) is 0 Å². The lowest BCUT2D eigenvalue weighted by Gasteiger charge is -2.55. The normalized spacial score (nSPS) is 13.1. The molecular formula is C30H24O3S. The predicted octanol–water partition coefficient (Wildman–Crippen LogP) is 5.91. The molecule has 0 aromatic heterocycles. The van der Waals surface area contributed by atoms with Crippen molar-refractivity contribution >= 4 is 9.63 Å². The predicted molar refractivity (Wildman–Crippen MR) is 138 cm³/mol. The van der Waals surface area contributed by atoms with Crippen LogP contribution in [0.3, 0.4) is 0 Å². The first kappa shape index (κ1) is 23.2. The molecule has 0 aliphatic carbocycles. The highest BCUT2D eigenvalue weighted by atomic mass is 32.3. The Balaban J connectivity index is 2.25. The van der Waals surface area contributed by atoms with Crippen molar-refractivity contribution in [3.8, 4) is 24.7 Å². The first-order valence-electron chi connectivity index (χ1n) is 10.7. The van der Waals surface area contributed by atoms with E-state index in [1.807, 2.05) is 0 Å². The summed E-state index contributed by atoms with van der Waals surface area (Å²) in [5, 5.41) is 0. The molecule has 0 fully saturated rings. The van der Waals surface area contributed by atoms with Gasteiger partial charge in [0.25, 0.3) is 0 Å². The molecule has 0 radical (unpaired) electrons. The van der Waals surface area contributed by atoms with E-state index in [4.69, 9.17) is 12.8 Å². The second-order valence-electron chi connectivity index (χ2n) is 7.98. The van der Waals surface area contributed by atoms with Gasteiger partial charge in [-0.25, -0.2) is 4.21 Å². The van der Waals surface area contributed by atoms with Gasteiger partial charge < -0.3 is 9.11 Å². The molecule has 4 heteroatoms. The van der Waals surface area contributed by atoms with Gasteiger partial charge in [0.2, 0.25) is 0 Å². The molecule has 0 heterocycles. The fourth-order valence-electron chi connectivity index (χ4n) is 4.65. The molecule has 0 saturated heterocycles. The van der Waals surface area contributed by atoms with E-state index in [1.54, 1.807) is 121 Å². The lowest BCUT2D eigenvalue weighted by atomic mass is 9.89. The zero-order valence-corrected chi connectivity index (χ0v) is 19.2. The Morgan fingerprint density at radius 2 is 0.706 bits per heavy atom. The van der Waals surface area contributed by atoms with E-state index in [0.29, 0.717) is 0 Å². The summed E-state index contributed by atoms with van der Waals surface area (Å²) in [6.45, 7) is 0. The van der Waals surface area contributed by atoms with E-state index >= 15 is 4.21 Å². The van der Waals surface area contributed by atoms with Gasteiger partial charge in [0, 0.05) is 0 Å². The standard InChI is InChI=1S/C30H24O3S/c1-3-29(25-17-9-5-10-18-25,26-19-11-6-12-20-26)34(31,32,33)30(4-2,27-21-13-7-14-22-27)28-23-15-8-16-24-28/h1-2,5-24H,(H2,31,32,33). The van der Waals surface area contributed by atoms with Crippen LogP contribution in [-0.4, -0.2) is 13.3 Å². The molecule has 3 nitrogen and oxygen atoms in total. The van der Waals surface area contributed by atoms with Crippen LogP contribution in [0.2, 0.25) is 0 Å². The Hall–Kier alpha value is -3.93. The van der Waals surface area contributed by atoms with Crippen molar-refractivity contribution in [3.05, 3.63) is 144 Å². The van der Waals surface area contributed by atoms with Crippen LogP contribution in [0.25, 0.3) is 0 Å². The highest BCUT2D eigenvalue weighted by molar-refractivity contribution is 8.12. The summed E-state index contributed by atoms with van der Waals surface area (Å²) in [6, 6.07) is 33.7. The van der Waals surface area contributed by atoms with Gasteiger partial charge >= 0.3 is 0 Å². The fourth-order valence-corrected chi connectivity index (χ4v) is 7.78. The van der Waals surface area contributed by atoms with E-state index in [1.165, 1.54) is 0 Å². The van der Waals surface area contributed by atoms with Crippen molar-refractivity contribution in [1.82, 2.24) is 0 Å². The van der Waals surface area contributed by atoms with Crippen molar-refractivity contribution in [1.29, 1.82) is 0 Å². The van der Waals surface area contributed by atoms with Crippen LogP contribution in [0.1, 0.15) is 22.3 Å². The largest absolute Gasteiger partial charge is 0.304 e. The summed E-state index contributed by atoms with van der Waals surface area (Å²) in [6.07, 6.45) is 12.3. The quantitative estimate of drug-likeness (QED) is 0.349. The van der Waals surface area contributed by atoms with Gasteiger partial charge in [-0.05, 0) is 22.3 Å². The van der Waals surface area contributed by atoms with Crippen LogP contribution >= 0.6 is 0 Å². The van der Waals surface area contributed by atoms with Crippen molar-refractivity contribution in [3.63, 3.8) is 0 Å². The third kappa shape index (κ3) is 3.05. The second-order valence-corrected chi connectivity index (χ2v) is 10.9. The van der Waals surface area contributed by atoms with E-state index in [9.17, 15) is 9.11 Å². The minimum Gasteiger partial charge on any atom is -0.304 e. The maximum Gasteiger partial charge on any atom is 0.180 e. The van der Waals surface area contributed by atoms with Crippen molar-refractivity contribution in [2.45, 2.75) is 9.49 Å². The van der Waals surface area contributed by atoms with Crippen molar-refractivity contribution < 1.29 is 13.3 Å². The van der Waals surface area contributed by atoms with Crippen LogP contribution in [-0.2, 0) is 19.1 Å². The summed E-state index contributed by atoms with van der Waals surface area (Å²) in [5.74, 6) is 5.10. The summed E-state index contributed by atoms with van der Waals surface area (Å²) in [4.78, 5) is 0. The zero-order chi connectivity index (χ0) is 24.3. The molecule has 4 aromatic rings. The molecule has 2 N–H and O–H groups in total. The Morgan fingerprint density at radius 1 is 0.500 bits per heavy atom. The fraction of sp³-hybridized carbons (Fsp3) is 0.0667. The van der Waals surface area contributed by atoms with Crippen LogP contribution in [0.15, 0.2) is 121 Å². The van der Waals surface area contributed by atoms with Gasteiger partial charge in [-0.15, -0.1) is 12.8 Å². The zero-order valence-electron chi connectivity index (χ0n) is 18.4. The topological polar surface area (TPSA) is 57.5 Å². The smallest absolute Gasteiger partial charge is 0.180 e. The molecule has 4 aromatic carbocycles. The molecule has 0 amide bonds.